The third-order valence-electron chi connectivity index (χ3n) is 3.03. The number of hydrogen-bond donors (Lipinski definition) is 4. The van der Waals surface area contributed by atoms with Crippen molar-refractivity contribution in [3.05, 3.63) is 28.8 Å². The van der Waals surface area contributed by atoms with E-state index >= 15 is 0 Å². The van der Waals surface area contributed by atoms with Crippen LogP contribution in [0.1, 0.15) is 18.5 Å². The number of nitrogen functional groups attached to an aromatic ring is 1. The van der Waals surface area contributed by atoms with E-state index in [4.69, 9.17) is 17.3 Å². The molecule has 3 unspecified atom stereocenters. The van der Waals surface area contributed by atoms with Gasteiger partial charge in [0.2, 0.25) is 0 Å². The SMILES string of the molecule is CC1NNC(c2ccc(Cl)cc2N)C1C(=O)O. The number of halogens is 1. The van der Waals surface area contributed by atoms with Crippen molar-refractivity contribution in [1.82, 2.24) is 10.9 Å². The number of aliphatic carboxylic acids is 1. The Morgan fingerprint density at radius 3 is 2.76 bits per heavy atom. The highest BCUT2D eigenvalue weighted by molar-refractivity contribution is 6.30. The summed E-state index contributed by atoms with van der Waals surface area (Å²) < 4.78 is 0. The van der Waals surface area contributed by atoms with Crippen LogP contribution in [0, 0.1) is 5.92 Å². The second-order valence-electron chi connectivity index (χ2n) is 4.19. The highest BCUT2D eigenvalue weighted by Crippen LogP contribution is 2.33. The molecule has 3 atom stereocenters. The van der Waals surface area contributed by atoms with Gasteiger partial charge in [-0.25, -0.2) is 5.43 Å². The molecule has 0 saturated carbocycles. The molecule has 5 nitrogen and oxygen atoms in total. The van der Waals surface area contributed by atoms with Crippen molar-refractivity contribution in [2.75, 3.05) is 5.73 Å². The van der Waals surface area contributed by atoms with E-state index in [0.29, 0.717) is 10.7 Å². The van der Waals surface area contributed by atoms with Crippen LogP contribution in [0.4, 0.5) is 5.69 Å². The van der Waals surface area contributed by atoms with Crippen LogP contribution in [0.3, 0.4) is 0 Å². The van der Waals surface area contributed by atoms with Crippen molar-refractivity contribution in [2.24, 2.45) is 5.92 Å². The van der Waals surface area contributed by atoms with E-state index in [2.05, 4.69) is 10.9 Å². The molecule has 92 valence electrons. The number of hydrazine groups is 1. The Balaban J connectivity index is 2.36. The number of anilines is 1. The fraction of sp³-hybridized carbons (Fsp3) is 0.364. The van der Waals surface area contributed by atoms with E-state index in [1.54, 1.807) is 18.2 Å². The smallest absolute Gasteiger partial charge is 0.310 e. The van der Waals surface area contributed by atoms with Gasteiger partial charge in [-0.15, -0.1) is 0 Å². The summed E-state index contributed by atoms with van der Waals surface area (Å²) in [7, 11) is 0. The number of rotatable bonds is 2. The quantitative estimate of drug-likeness (QED) is 0.596. The number of benzene rings is 1. The molecule has 1 aliphatic rings. The highest BCUT2D eigenvalue weighted by atomic mass is 35.5. The van der Waals surface area contributed by atoms with Gasteiger partial charge in [-0.05, 0) is 24.6 Å². The fourth-order valence-electron chi connectivity index (χ4n) is 2.15. The Hall–Kier alpha value is -1.30. The molecule has 0 spiro atoms. The molecule has 1 aromatic rings. The zero-order valence-electron chi connectivity index (χ0n) is 9.27. The van der Waals surface area contributed by atoms with Crippen molar-refractivity contribution in [1.29, 1.82) is 0 Å². The van der Waals surface area contributed by atoms with Crippen molar-refractivity contribution < 1.29 is 9.90 Å². The summed E-state index contributed by atoms with van der Waals surface area (Å²) in [6.45, 7) is 1.82. The normalized spacial score (nSPS) is 28.2. The van der Waals surface area contributed by atoms with Gasteiger partial charge < -0.3 is 10.8 Å². The molecule has 0 aliphatic carbocycles. The Morgan fingerprint density at radius 2 is 2.18 bits per heavy atom. The first-order chi connectivity index (χ1) is 8.00. The topological polar surface area (TPSA) is 87.4 Å². The molecule has 5 N–H and O–H groups in total. The largest absolute Gasteiger partial charge is 0.481 e. The van der Waals surface area contributed by atoms with Gasteiger partial charge in [0.1, 0.15) is 0 Å². The first-order valence-electron chi connectivity index (χ1n) is 5.29. The lowest BCUT2D eigenvalue weighted by Crippen LogP contribution is -2.30. The van der Waals surface area contributed by atoms with Crippen molar-refractivity contribution >= 4 is 23.3 Å². The molecule has 1 saturated heterocycles. The highest BCUT2D eigenvalue weighted by Gasteiger charge is 2.40. The maximum Gasteiger partial charge on any atom is 0.310 e. The molecular weight excluding hydrogens is 242 g/mol. The van der Waals surface area contributed by atoms with E-state index in [1.807, 2.05) is 6.92 Å². The Labute approximate surface area is 104 Å². The Bertz CT molecular complexity index is 452. The molecule has 0 aromatic heterocycles. The third kappa shape index (κ3) is 2.22. The number of carboxylic acid groups (broad SMARTS) is 1. The van der Waals surface area contributed by atoms with Gasteiger partial charge in [-0.2, -0.15) is 0 Å². The molecule has 2 rings (SSSR count). The summed E-state index contributed by atoms with van der Waals surface area (Å²) in [6.07, 6.45) is 0. The minimum absolute atomic E-state index is 0.160. The molecule has 17 heavy (non-hydrogen) atoms. The predicted molar refractivity (Wildman–Crippen MR) is 65.5 cm³/mol. The standard InChI is InChI=1S/C11H14ClN3O2/c1-5-9(11(16)17)10(15-14-5)7-3-2-6(12)4-8(7)13/h2-5,9-10,14-15H,13H2,1H3,(H,16,17). The van der Waals surface area contributed by atoms with Gasteiger partial charge >= 0.3 is 5.97 Å². The van der Waals surface area contributed by atoms with Crippen LogP contribution < -0.4 is 16.6 Å². The molecule has 1 aliphatic heterocycles. The zero-order chi connectivity index (χ0) is 12.6. The summed E-state index contributed by atoms with van der Waals surface area (Å²) >= 11 is 5.82. The van der Waals surface area contributed by atoms with E-state index in [1.165, 1.54) is 0 Å². The predicted octanol–water partition coefficient (Wildman–Crippen LogP) is 1.16. The fourth-order valence-corrected chi connectivity index (χ4v) is 2.33. The van der Waals surface area contributed by atoms with Crippen LogP contribution in [0.15, 0.2) is 18.2 Å². The van der Waals surface area contributed by atoms with Crippen molar-refractivity contribution in [3.63, 3.8) is 0 Å². The molecule has 0 bridgehead atoms. The summed E-state index contributed by atoms with van der Waals surface area (Å²) in [5, 5.41) is 9.75. The minimum Gasteiger partial charge on any atom is -0.481 e. The molecule has 0 amide bonds. The molecule has 1 fully saturated rings. The summed E-state index contributed by atoms with van der Waals surface area (Å²) in [4.78, 5) is 11.2. The lowest BCUT2D eigenvalue weighted by atomic mass is 9.89. The van der Waals surface area contributed by atoms with Crippen LogP contribution in [-0.4, -0.2) is 17.1 Å². The number of carbonyl (C=O) groups is 1. The van der Waals surface area contributed by atoms with Gasteiger partial charge in [0.15, 0.2) is 0 Å². The first-order valence-corrected chi connectivity index (χ1v) is 5.67. The van der Waals surface area contributed by atoms with Gasteiger partial charge in [0.05, 0.1) is 12.0 Å². The van der Waals surface area contributed by atoms with Gasteiger partial charge in [0, 0.05) is 16.8 Å². The number of nitrogens with two attached hydrogens (primary N) is 1. The van der Waals surface area contributed by atoms with E-state index < -0.39 is 11.9 Å². The second-order valence-corrected chi connectivity index (χ2v) is 4.63. The number of nitrogens with one attached hydrogen (secondary N) is 2. The monoisotopic (exact) mass is 255 g/mol. The van der Waals surface area contributed by atoms with Crippen LogP contribution in [0.5, 0.6) is 0 Å². The molecular formula is C11H14ClN3O2. The minimum atomic E-state index is -0.852. The molecule has 1 heterocycles. The van der Waals surface area contributed by atoms with Gasteiger partial charge in [0.25, 0.3) is 0 Å². The van der Waals surface area contributed by atoms with Crippen LogP contribution in [0.25, 0.3) is 0 Å². The average molecular weight is 256 g/mol. The Morgan fingerprint density at radius 1 is 1.47 bits per heavy atom. The number of carboxylic acids is 1. The number of hydrogen-bond acceptors (Lipinski definition) is 4. The van der Waals surface area contributed by atoms with Crippen LogP contribution in [-0.2, 0) is 4.79 Å². The summed E-state index contributed by atoms with van der Waals surface area (Å²) in [5.41, 5.74) is 13.0. The average Bonchev–Trinajstić information content (AvgIpc) is 2.60. The summed E-state index contributed by atoms with van der Waals surface area (Å²) in [6, 6.07) is 4.58. The molecule has 6 heteroatoms. The maximum atomic E-state index is 11.2. The van der Waals surface area contributed by atoms with Crippen molar-refractivity contribution in [3.8, 4) is 0 Å². The van der Waals surface area contributed by atoms with Gasteiger partial charge in [-0.3, -0.25) is 10.2 Å². The Kier molecular flexibility index (Phi) is 3.24. The zero-order valence-corrected chi connectivity index (χ0v) is 10.0. The first kappa shape index (κ1) is 12.2. The summed E-state index contributed by atoms with van der Waals surface area (Å²) in [5.74, 6) is -1.41. The lowest BCUT2D eigenvalue weighted by molar-refractivity contribution is -0.142. The maximum absolute atomic E-state index is 11.2. The molecule has 1 aromatic carbocycles. The second kappa shape index (κ2) is 4.52. The lowest BCUT2D eigenvalue weighted by Gasteiger charge is -2.18. The van der Waals surface area contributed by atoms with Crippen LogP contribution >= 0.6 is 11.6 Å². The van der Waals surface area contributed by atoms with E-state index in [9.17, 15) is 9.90 Å². The molecule has 0 radical (unpaired) electrons. The third-order valence-corrected chi connectivity index (χ3v) is 3.27. The van der Waals surface area contributed by atoms with E-state index in [-0.39, 0.29) is 12.1 Å². The van der Waals surface area contributed by atoms with Crippen molar-refractivity contribution in [2.45, 2.75) is 19.0 Å². The van der Waals surface area contributed by atoms with Gasteiger partial charge in [-0.1, -0.05) is 17.7 Å². The van der Waals surface area contributed by atoms with Crippen LogP contribution in [0.2, 0.25) is 5.02 Å². The van der Waals surface area contributed by atoms with E-state index in [0.717, 1.165) is 5.56 Å².